The lowest BCUT2D eigenvalue weighted by atomic mass is 10.2. The number of halogens is 3. The van der Waals surface area contributed by atoms with E-state index in [2.05, 4.69) is 25.3 Å². The molecular weight excluding hydrogens is 473 g/mol. The number of aryl methyl sites for hydroxylation is 2. The molecule has 2 aromatic rings. The molecule has 2 N–H and O–H groups in total. The van der Waals surface area contributed by atoms with Crippen LogP contribution in [0.4, 0.5) is 8.78 Å². The predicted molar refractivity (Wildman–Crippen MR) is 108 cm³/mol. The van der Waals surface area contributed by atoms with E-state index in [4.69, 9.17) is 9.15 Å². The zero-order valence-corrected chi connectivity index (χ0v) is 17.8. The molecule has 0 aliphatic heterocycles. The van der Waals surface area contributed by atoms with Gasteiger partial charge in [0.25, 0.3) is 0 Å². The lowest BCUT2D eigenvalue weighted by Gasteiger charge is -2.13. The molecule has 0 amide bonds. The summed E-state index contributed by atoms with van der Waals surface area (Å²) in [6.45, 7) is 1.53. The number of aliphatic imine (C=N–C) groups is 1. The van der Waals surface area contributed by atoms with Gasteiger partial charge in [0.15, 0.2) is 17.5 Å². The molecule has 0 saturated carbocycles. The fourth-order valence-electron chi connectivity index (χ4n) is 2.20. The third-order valence-corrected chi connectivity index (χ3v) is 3.61. The highest BCUT2D eigenvalue weighted by atomic mass is 127. The van der Waals surface area contributed by atoms with Crippen molar-refractivity contribution in [2.45, 2.75) is 33.5 Å². The number of rotatable bonds is 7. The molecule has 10 heteroatoms. The van der Waals surface area contributed by atoms with Crippen molar-refractivity contribution >= 4 is 29.9 Å². The first kappa shape index (κ1) is 22.9. The number of ether oxygens (including phenoxy) is 2. The molecule has 1 heterocycles. The van der Waals surface area contributed by atoms with Crippen molar-refractivity contribution in [3.63, 3.8) is 0 Å². The summed E-state index contributed by atoms with van der Waals surface area (Å²) in [5, 5.41) is 6.15. The van der Waals surface area contributed by atoms with E-state index >= 15 is 0 Å². The van der Waals surface area contributed by atoms with Crippen LogP contribution in [0.1, 0.15) is 22.9 Å². The second-order valence-corrected chi connectivity index (χ2v) is 5.39. The summed E-state index contributed by atoms with van der Waals surface area (Å²) < 4.78 is 40.0. The Hall–Kier alpha value is -2.11. The number of alkyl halides is 2. The van der Waals surface area contributed by atoms with E-state index in [9.17, 15) is 8.78 Å². The number of methoxy groups -OCH3 is 1. The maximum absolute atomic E-state index is 12.5. The summed E-state index contributed by atoms with van der Waals surface area (Å²) in [4.78, 5) is 8.38. The second-order valence-electron chi connectivity index (χ2n) is 5.39. The van der Waals surface area contributed by atoms with Crippen molar-refractivity contribution < 1.29 is 22.7 Å². The van der Waals surface area contributed by atoms with Gasteiger partial charge in [-0.2, -0.15) is 8.78 Å². The average Bonchev–Trinajstić information content (AvgIpc) is 2.92. The minimum absolute atomic E-state index is 0. The first-order valence-electron chi connectivity index (χ1n) is 7.92. The average molecular weight is 496 g/mol. The standard InChI is InChI=1S/C17H22F2N4O3.HI/c1-10-11(2)25-15(23-10)9-22-17(20-3)21-8-12-5-6-13(24-4)14(7-12)26-16(18)19;/h5-7,16H,8-9H2,1-4H3,(H2,20,21,22);1H. The number of nitrogens with one attached hydrogen (secondary N) is 2. The Morgan fingerprint density at radius 3 is 2.48 bits per heavy atom. The van der Waals surface area contributed by atoms with Crippen molar-refractivity contribution in [2.24, 2.45) is 4.99 Å². The molecule has 1 aromatic heterocycles. The molecule has 0 aliphatic rings. The Morgan fingerprint density at radius 2 is 1.93 bits per heavy atom. The van der Waals surface area contributed by atoms with Gasteiger partial charge < -0.3 is 24.5 Å². The van der Waals surface area contributed by atoms with E-state index in [1.165, 1.54) is 13.2 Å². The topological polar surface area (TPSA) is 80.9 Å². The van der Waals surface area contributed by atoms with Gasteiger partial charge >= 0.3 is 6.61 Å². The minimum atomic E-state index is -2.92. The van der Waals surface area contributed by atoms with Gasteiger partial charge in [-0.1, -0.05) is 6.07 Å². The molecule has 150 valence electrons. The molecule has 0 bridgehead atoms. The zero-order chi connectivity index (χ0) is 19.1. The van der Waals surface area contributed by atoms with Crippen LogP contribution in [-0.4, -0.2) is 31.7 Å². The zero-order valence-electron chi connectivity index (χ0n) is 15.5. The van der Waals surface area contributed by atoms with Gasteiger partial charge in [-0.25, -0.2) is 4.98 Å². The van der Waals surface area contributed by atoms with Crippen LogP contribution in [-0.2, 0) is 13.1 Å². The van der Waals surface area contributed by atoms with Crippen LogP contribution in [0.3, 0.4) is 0 Å². The molecule has 2 rings (SSSR count). The molecule has 0 aliphatic carbocycles. The van der Waals surface area contributed by atoms with Crippen LogP contribution in [0.2, 0.25) is 0 Å². The maximum atomic E-state index is 12.5. The van der Waals surface area contributed by atoms with E-state index in [0.29, 0.717) is 24.9 Å². The largest absolute Gasteiger partial charge is 0.493 e. The number of benzene rings is 1. The number of guanidine groups is 1. The molecule has 0 atom stereocenters. The molecule has 7 nitrogen and oxygen atoms in total. The van der Waals surface area contributed by atoms with E-state index in [-0.39, 0.29) is 35.5 Å². The highest BCUT2D eigenvalue weighted by Crippen LogP contribution is 2.29. The molecule has 0 unspecified atom stereocenters. The fraction of sp³-hybridized carbons (Fsp3) is 0.412. The Labute approximate surface area is 173 Å². The third kappa shape index (κ3) is 6.85. The smallest absolute Gasteiger partial charge is 0.387 e. The second kappa shape index (κ2) is 10.9. The maximum Gasteiger partial charge on any atom is 0.387 e. The normalized spacial score (nSPS) is 11.1. The van der Waals surface area contributed by atoms with Gasteiger partial charge in [0.05, 0.1) is 19.3 Å². The van der Waals surface area contributed by atoms with Crippen LogP contribution in [0, 0.1) is 13.8 Å². The molecule has 0 saturated heterocycles. The van der Waals surface area contributed by atoms with Crippen molar-refractivity contribution in [1.29, 1.82) is 0 Å². The SMILES string of the molecule is CN=C(NCc1ccc(OC)c(OC(F)F)c1)NCc1nc(C)c(C)o1.I. The summed E-state index contributed by atoms with van der Waals surface area (Å²) in [6.07, 6.45) is 0. The first-order chi connectivity index (χ1) is 12.4. The quantitative estimate of drug-likeness (QED) is 0.348. The van der Waals surface area contributed by atoms with Crippen LogP contribution in [0.25, 0.3) is 0 Å². The lowest BCUT2D eigenvalue weighted by Crippen LogP contribution is -2.36. The van der Waals surface area contributed by atoms with E-state index in [0.717, 1.165) is 17.0 Å². The van der Waals surface area contributed by atoms with Crippen molar-refractivity contribution in [3.05, 3.63) is 41.1 Å². The summed E-state index contributed by atoms with van der Waals surface area (Å²) in [5.41, 5.74) is 1.57. The van der Waals surface area contributed by atoms with E-state index in [1.807, 2.05) is 13.8 Å². The molecule has 0 radical (unpaired) electrons. The highest BCUT2D eigenvalue weighted by Gasteiger charge is 2.12. The van der Waals surface area contributed by atoms with Gasteiger partial charge in [0.1, 0.15) is 5.76 Å². The van der Waals surface area contributed by atoms with Crippen LogP contribution in [0.15, 0.2) is 27.6 Å². The number of hydrogen-bond acceptors (Lipinski definition) is 5. The van der Waals surface area contributed by atoms with Gasteiger partial charge in [-0.05, 0) is 31.5 Å². The molecule has 1 aromatic carbocycles. The van der Waals surface area contributed by atoms with Gasteiger partial charge in [-0.15, -0.1) is 24.0 Å². The lowest BCUT2D eigenvalue weighted by molar-refractivity contribution is -0.0512. The van der Waals surface area contributed by atoms with Crippen molar-refractivity contribution in [1.82, 2.24) is 15.6 Å². The summed E-state index contributed by atoms with van der Waals surface area (Å²) in [7, 11) is 3.02. The van der Waals surface area contributed by atoms with Crippen molar-refractivity contribution in [2.75, 3.05) is 14.2 Å². The highest BCUT2D eigenvalue weighted by molar-refractivity contribution is 14.0. The number of nitrogens with zero attached hydrogens (tertiary/aromatic N) is 2. The van der Waals surface area contributed by atoms with Gasteiger partial charge in [0, 0.05) is 13.6 Å². The van der Waals surface area contributed by atoms with Crippen molar-refractivity contribution in [3.8, 4) is 11.5 Å². The van der Waals surface area contributed by atoms with Crippen LogP contribution >= 0.6 is 24.0 Å². The minimum Gasteiger partial charge on any atom is -0.493 e. The Kier molecular flexibility index (Phi) is 9.26. The Balaban J connectivity index is 0.00000364. The summed E-state index contributed by atoms with van der Waals surface area (Å²) >= 11 is 0. The molecule has 0 spiro atoms. The predicted octanol–water partition coefficient (Wildman–Crippen LogP) is 3.38. The first-order valence-corrected chi connectivity index (χ1v) is 7.92. The van der Waals surface area contributed by atoms with E-state index in [1.54, 1.807) is 19.2 Å². The van der Waals surface area contributed by atoms with Gasteiger partial charge in [-0.3, -0.25) is 4.99 Å². The summed E-state index contributed by atoms with van der Waals surface area (Å²) in [6, 6.07) is 4.81. The number of hydrogen-bond donors (Lipinski definition) is 2. The Morgan fingerprint density at radius 1 is 1.22 bits per heavy atom. The molecule has 27 heavy (non-hydrogen) atoms. The van der Waals surface area contributed by atoms with E-state index < -0.39 is 6.61 Å². The Bertz CT molecular complexity index is 749. The molecule has 0 fully saturated rings. The summed E-state index contributed by atoms with van der Waals surface area (Å²) in [5.74, 6) is 2.07. The van der Waals surface area contributed by atoms with Gasteiger partial charge in [0.2, 0.25) is 5.89 Å². The third-order valence-electron chi connectivity index (χ3n) is 3.61. The number of aromatic nitrogens is 1. The molecular formula is C17H23F2IN4O3. The fourth-order valence-corrected chi connectivity index (χ4v) is 2.20. The van der Waals surface area contributed by atoms with Crippen LogP contribution in [0.5, 0.6) is 11.5 Å². The number of oxazole rings is 1. The monoisotopic (exact) mass is 496 g/mol. The van der Waals surface area contributed by atoms with Crippen LogP contribution < -0.4 is 20.1 Å².